The molecule has 3 aromatic rings. The van der Waals surface area contributed by atoms with E-state index in [0.717, 1.165) is 13.1 Å². The molecule has 112 valence electrons. The molecule has 0 unspecified atom stereocenters. The smallest absolute Gasteiger partial charge is 0.0521 e. The fourth-order valence-corrected chi connectivity index (χ4v) is 2.63. The van der Waals surface area contributed by atoms with Crippen LogP contribution < -0.4 is 0 Å². The minimum atomic E-state index is 0.900. The highest BCUT2D eigenvalue weighted by molar-refractivity contribution is 5.63. The van der Waals surface area contributed by atoms with E-state index in [-0.39, 0.29) is 0 Å². The zero-order valence-electron chi connectivity index (χ0n) is 13.1. The Morgan fingerprint density at radius 2 is 1.55 bits per heavy atom. The summed E-state index contributed by atoms with van der Waals surface area (Å²) in [6, 6.07) is 21.4. The fraction of sp³-hybridized carbons (Fsp3) is 0.211. The molecule has 0 saturated carbocycles. The first-order valence-electron chi connectivity index (χ1n) is 7.52. The summed E-state index contributed by atoms with van der Waals surface area (Å²) in [5, 5.41) is 4.21. The van der Waals surface area contributed by atoms with Crippen molar-refractivity contribution < 1.29 is 0 Å². The average Bonchev–Trinajstić information content (AvgIpc) is 2.94. The molecule has 3 heteroatoms. The largest absolute Gasteiger partial charge is 0.296 e. The van der Waals surface area contributed by atoms with Gasteiger partial charge in [0, 0.05) is 26.3 Å². The maximum Gasteiger partial charge on any atom is 0.0521 e. The van der Waals surface area contributed by atoms with Gasteiger partial charge in [0.1, 0.15) is 0 Å². The van der Waals surface area contributed by atoms with E-state index in [1.54, 1.807) is 0 Å². The molecule has 0 bridgehead atoms. The summed E-state index contributed by atoms with van der Waals surface area (Å²) in [4.78, 5) is 2.30. The number of aryl methyl sites for hydroxylation is 1. The quantitative estimate of drug-likeness (QED) is 0.714. The van der Waals surface area contributed by atoms with Crippen molar-refractivity contribution in [2.45, 2.75) is 13.1 Å². The van der Waals surface area contributed by atoms with Gasteiger partial charge in [0.15, 0.2) is 0 Å². The van der Waals surface area contributed by atoms with Crippen LogP contribution in [0.2, 0.25) is 0 Å². The topological polar surface area (TPSA) is 21.1 Å². The number of hydrogen-bond donors (Lipinski definition) is 0. The standard InChI is InChI=1S/C19H21N3/c1-21(15-19-12-13-20-22(19)2)14-16-8-10-18(11-9-16)17-6-4-3-5-7-17/h3-13H,14-15H2,1-2H3. The molecule has 3 rings (SSSR count). The van der Waals surface area contributed by atoms with Crippen LogP contribution >= 0.6 is 0 Å². The Balaban J connectivity index is 1.65. The molecule has 0 aliphatic carbocycles. The molecule has 0 radical (unpaired) electrons. The Morgan fingerprint density at radius 1 is 0.864 bits per heavy atom. The predicted octanol–water partition coefficient (Wildman–Crippen LogP) is 3.72. The Labute approximate surface area is 131 Å². The van der Waals surface area contributed by atoms with Crippen molar-refractivity contribution in [2.75, 3.05) is 7.05 Å². The number of hydrogen-bond acceptors (Lipinski definition) is 2. The van der Waals surface area contributed by atoms with Crippen LogP contribution in [0.5, 0.6) is 0 Å². The lowest BCUT2D eigenvalue weighted by molar-refractivity contribution is 0.309. The summed E-state index contributed by atoms with van der Waals surface area (Å²) in [6.45, 7) is 1.83. The van der Waals surface area contributed by atoms with Crippen LogP contribution in [0.3, 0.4) is 0 Å². The lowest BCUT2D eigenvalue weighted by atomic mass is 10.0. The molecule has 2 aromatic carbocycles. The van der Waals surface area contributed by atoms with E-state index in [9.17, 15) is 0 Å². The number of benzene rings is 2. The molecule has 22 heavy (non-hydrogen) atoms. The summed E-state index contributed by atoms with van der Waals surface area (Å²) < 4.78 is 1.93. The lowest BCUT2D eigenvalue weighted by Gasteiger charge is -2.17. The second-order valence-corrected chi connectivity index (χ2v) is 5.68. The van der Waals surface area contributed by atoms with Gasteiger partial charge in [0.25, 0.3) is 0 Å². The monoisotopic (exact) mass is 291 g/mol. The molecule has 0 spiro atoms. The molecule has 0 atom stereocenters. The summed E-state index contributed by atoms with van der Waals surface area (Å²) in [7, 11) is 4.12. The summed E-state index contributed by atoms with van der Waals surface area (Å²) >= 11 is 0. The van der Waals surface area contributed by atoms with Crippen LogP contribution in [-0.4, -0.2) is 21.7 Å². The molecule has 3 nitrogen and oxygen atoms in total. The van der Waals surface area contributed by atoms with Crippen LogP contribution in [0.15, 0.2) is 66.9 Å². The van der Waals surface area contributed by atoms with E-state index in [1.807, 2.05) is 24.0 Å². The molecule has 0 amide bonds. The third kappa shape index (κ3) is 3.43. The number of rotatable bonds is 5. The summed E-state index contributed by atoms with van der Waals surface area (Å²) in [5.41, 5.74) is 5.07. The summed E-state index contributed by atoms with van der Waals surface area (Å²) in [6.07, 6.45) is 1.85. The highest BCUT2D eigenvalue weighted by Crippen LogP contribution is 2.19. The minimum absolute atomic E-state index is 0.900. The Hall–Kier alpha value is -2.39. The van der Waals surface area contributed by atoms with Crippen LogP contribution in [0.4, 0.5) is 0 Å². The van der Waals surface area contributed by atoms with Crippen molar-refractivity contribution in [3.63, 3.8) is 0 Å². The maximum absolute atomic E-state index is 4.21. The van der Waals surface area contributed by atoms with Gasteiger partial charge in [-0.15, -0.1) is 0 Å². The van der Waals surface area contributed by atoms with Crippen LogP contribution in [0.1, 0.15) is 11.3 Å². The third-order valence-electron chi connectivity index (χ3n) is 3.87. The molecule has 1 heterocycles. The Kier molecular flexibility index (Phi) is 4.35. The first-order valence-corrected chi connectivity index (χ1v) is 7.52. The van der Waals surface area contributed by atoms with Gasteiger partial charge in [-0.05, 0) is 29.8 Å². The molecular weight excluding hydrogens is 270 g/mol. The number of aromatic nitrogens is 2. The van der Waals surface area contributed by atoms with Crippen LogP contribution in [-0.2, 0) is 20.1 Å². The van der Waals surface area contributed by atoms with Crippen molar-refractivity contribution in [2.24, 2.45) is 7.05 Å². The van der Waals surface area contributed by atoms with Gasteiger partial charge in [-0.25, -0.2) is 0 Å². The lowest BCUT2D eigenvalue weighted by Crippen LogP contribution is -2.19. The third-order valence-corrected chi connectivity index (χ3v) is 3.87. The van der Waals surface area contributed by atoms with E-state index in [2.05, 4.69) is 71.6 Å². The Bertz CT molecular complexity index is 714. The predicted molar refractivity (Wildman–Crippen MR) is 90.3 cm³/mol. The maximum atomic E-state index is 4.21. The molecule has 0 saturated heterocycles. The molecular formula is C19H21N3. The van der Waals surface area contributed by atoms with Crippen molar-refractivity contribution in [3.05, 3.63) is 78.1 Å². The highest BCUT2D eigenvalue weighted by atomic mass is 15.3. The van der Waals surface area contributed by atoms with Crippen molar-refractivity contribution in [3.8, 4) is 11.1 Å². The average molecular weight is 291 g/mol. The molecule has 0 aliphatic heterocycles. The van der Waals surface area contributed by atoms with E-state index >= 15 is 0 Å². The zero-order valence-corrected chi connectivity index (χ0v) is 13.1. The second kappa shape index (κ2) is 6.58. The van der Waals surface area contributed by atoms with Crippen molar-refractivity contribution >= 4 is 0 Å². The second-order valence-electron chi connectivity index (χ2n) is 5.68. The minimum Gasteiger partial charge on any atom is -0.296 e. The first kappa shape index (κ1) is 14.5. The fourth-order valence-electron chi connectivity index (χ4n) is 2.63. The van der Waals surface area contributed by atoms with Crippen molar-refractivity contribution in [1.82, 2.24) is 14.7 Å². The molecule has 0 fully saturated rings. The van der Waals surface area contributed by atoms with Gasteiger partial charge in [-0.2, -0.15) is 5.10 Å². The molecule has 1 aromatic heterocycles. The number of nitrogens with zero attached hydrogens (tertiary/aromatic N) is 3. The van der Waals surface area contributed by atoms with Crippen molar-refractivity contribution in [1.29, 1.82) is 0 Å². The van der Waals surface area contributed by atoms with Gasteiger partial charge in [-0.1, -0.05) is 54.6 Å². The highest BCUT2D eigenvalue weighted by Gasteiger charge is 2.05. The van der Waals surface area contributed by atoms with Gasteiger partial charge in [0.05, 0.1) is 5.69 Å². The first-order chi connectivity index (χ1) is 10.7. The van der Waals surface area contributed by atoms with Crippen LogP contribution in [0, 0.1) is 0 Å². The van der Waals surface area contributed by atoms with Gasteiger partial charge >= 0.3 is 0 Å². The van der Waals surface area contributed by atoms with Gasteiger partial charge in [-0.3, -0.25) is 9.58 Å². The Morgan fingerprint density at radius 3 is 2.18 bits per heavy atom. The van der Waals surface area contributed by atoms with Gasteiger partial charge < -0.3 is 0 Å². The summed E-state index contributed by atoms with van der Waals surface area (Å²) in [5.74, 6) is 0. The van der Waals surface area contributed by atoms with Gasteiger partial charge in [0.2, 0.25) is 0 Å². The normalized spacial score (nSPS) is 11.0. The van der Waals surface area contributed by atoms with E-state index in [1.165, 1.54) is 22.4 Å². The zero-order chi connectivity index (χ0) is 15.4. The molecule has 0 N–H and O–H groups in total. The molecule has 0 aliphatic rings. The SMILES string of the molecule is CN(Cc1ccc(-c2ccccc2)cc1)Cc1ccnn1C. The van der Waals surface area contributed by atoms with E-state index in [0.29, 0.717) is 0 Å². The van der Waals surface area contributed by atoms with Crippen LogP contribution in [0.25, 0.3) is 11.1 Å². The van der Waals surface area contributed by atoms with E-state index in [4.69, 9.17) is 0 Å². The van der Waals surface area contributed by atoms with E-state index < -0.39 is 0 Å².